The second-order valence-electron chi connectivity index (χ2n) is 3.76. The molecule has 0 unspecified atom stereocenters. The van der Waals surface area contributed by atoms with E-state index in [4.69, 9.17) is 11.6 Å². The van der Waals surface area contributed by atoms with Crippen molar-refractivity contribution in [1.29, 1.82) is 0 Å². The molecule has 0 aliphatic heterocycles. The molecule has 2 aromatic rings. The van der Waals surface area contributed by atoms with Crippen molar-refractivity contribution in [1.82, 2.24) is 4.98 Å². The lowest BCUT2D eigenvalue weighted by Gasteiger charge is -2.08. The number of amides is 1. The van der Waals surface area contributed by atoms with E-state index in [1.165, 1.54) is 24.4 Å². The van der Waals surface area contributed by atoms with Gasteiger partial charge in [-0.1, -0.05) is 23.7 Å². The molecule has 0 radical (unpaired) electrons. The summed E-state index contributed by atoms with van der Waals surface area (Å²) in [4.78, 5) is 15.7. The number of benzene rings is 1. The number of halogens is 2. The molecule has 1 aromatic carbocycles. The molecular weight excluding hydrogens is 255 g/mol. The highest BCUT2D eigenvalue weighted by Crippen LogP contribution is 2.18. The van der Waals surface area contributed by atoms with Gasteiger partial charge in [-0.05, 0) is 30.7 Å². The minimum Gasteiger partial charge on any atom is -0.320 e. The second kappa shape index (κ2) is 5.14. The summed E-state index contributed by atoms with van der Waals surface area (Å²) in [5.74, 6) is -1.07. The molecule has 0 atom stereocenters. The van der Waals surface area contributed by atoms with Gasteiger partial charge in [0, 0.05) is 0 Å². The average molecular weight is 265 g/mol. The van der Waals surface area contributed by atoms with Crippen LogP contribution in [0.5, 0.6) is 0 Å². The lowest BCUT2D eigenvalue weighted by molar-refractivity contribution is 0.102. The van der Waals surface area contributed by atoms with Gasteiger partial charge in [0.15, 0.2) is 0 Å². The number of nitrogens with zero attached hydrogens (tertiary/aromatic N) is 1. The number of aryl methyl sites for hydroxylation is 1. The van der Waals surface area contributed by atoms with Gasteiger partial charge in [-0.25, -0.2) is 9.37 Å². The van der Waals surface area contributed by atoms with Crippen LogP contribution in [-0.2, 0) is 0 Å². The third-order valence-electron chi connectivity index (χ3n) is 2.44. The number of carbonyl (C=O) groups is 1. The van der Waals surface area contributed by atoms with Crippen LogP contribution < -0.4 is 5.32 Å². The Hall–Kier alpha value is -1.94. The molecular formula is C13H10ClFN2O. The van der Waals surface area contributed by atoms with Gasteiger partial charge in [0.25, 0.3) is 5.91 Å². The molecule has 18 heavy (non-hydrogen) atoms. The quantitative estimate of drug-likeness (QED) is 0.845. The van der Waals surface area contributed by atoms with Gasteiger partial charge >= 0.3 is 0 Å². The maximum Gasteiger partial charge on any atom is 0.258 e. The predicted octanol–water partition coefficient (Wildman–Crippen LogP) is 3.43. The number of nitrogens with one attached hydrogen (secondary N) is 1. The Morgan fingerprint density at radius 1 is 1.39 bits per heavy atom. The lowest BCUT2D eigenvalue weighted by Crippen LogP contribution is -2.14. The number of carbonyl (C=O) groups excluding carboxylic acids is 1. The third-order valence-corrected chi connectivity index (χ3v) is 2.65. The summed E-state index contributed by atoms with van der Waals surface area (Å²) in [6, 6.07) is 7.41. The summed E-state index contributed by atoms with van der Waals surface area (Å²) >= 11 is 5.71. The minimum atomic E-state index is -0.561. The molecule has 0 spiro atoms. The van der Waals surface area contributed by atoms with Crippen LogP contribution in [0.3, 0.4) is 0 Å². The standard InChI is InChI=1S/C13H10ClFN2O/c1-8-6-12(14)16-7-11(8)17-13(18)9-4-2-3-5-10(9)15/h2-7H,1H3,(H,17,18). The summed E-state index contributed by atoms with van der Waals surface area (Å²) in [5.41, 5.74) is 1.26. The fraction of sp³-hybridized carbons (Fsp3) is 0.0769. The Bertz CT molecular complexity index is 601. The van der Waals surface area contributed by atoms with Crippen LogP contribution >= 0.6 is 11.6 Å². The van der Waals surface area contributed by atoms with Gasteiger partial charge in [0.05, 0.1) is 17.4 Å². The molecule has 3 nitrogen and oxygen atoms in total. The zero-order valence-corrected chi connectivity index (χ0v) is 10.3. The highest BCUT2D eigenvalue weighted by Gasteiger charge is 2.12. The predicted molar refractivity (Wildman–Crippen MR) is 68.3 cm³/mol. The van der Waals surface area contributed by atoms with Gasteiger partial charge in [-0.15, -0.1) is 0 Å². The van der Waals surface area contributed by atoms with Crippen LogP contribution in [0.2, 0.25) is 5.15 Å². The second-order valence-corrected chi connectivity index (χ2v) is 4.14. The van der Waals surface area contributed by atoms with Crippen LogP contribution in [0.4, 0.5) is 10.1 Å². The van der Waals surface area contributed by atoms with Gasteiger partial charge in [0.2, 0.25) is 0 Å². The molecule has 0 aliphatic rings. The van der Waals surface area contributed by atoms with Crippen molar-refractivity contribution in [2.24, 2.45) is 0 Å². The summed E-state index contributed by atoms with van der Waals surface area (Å²) in [7, 11) is 0. The first kappa shape index (κ1) is 12.5. The Morgan fingerprint density at radius 2 is 2.11 bits per heavy atom. The molecule has 0 bridgehead atoms. The van der Waals surface area contributed by atoms with Crippen LogP contribution in [0.25, 0.3) is 0 Å². The van der Waals surface area contributed by atoms with Crippen molar-refractivity contribution in [2.45, 2.75) is 6.92 Å². The molecule has 2 rings (SSSR count). The van der Waals surface area contributed by atoms with Crippen LogP contribution in [0, 0.1) is 12.7 Å². The van der Waals surface area contributed by atoms with Crippen molar-refractivity contribution in [3.63, 3.8) is 0 Å². The highest BCUT2D eigenvalue weighted by molar-refractivity contribution is 6.29. The average Bonchev–Trinajstić information content (AvgIpc) is 2.33. The first-order chi connectivity index (χ1) is 8.58. The molecule has 1 heterocycles. The summed E-state index contributed by atoms with van der Waals surface area (Å²) in [6.45, 7) is 1.78. The van der Waals surface area contributed by atoms with Crippen molar-refractivity contribution in [3.8, 4) is 0 Å². The number of rotatable bonds is 2. The fourth-order valence-corrected chi connectivity index (χ4v) is 1.70. The van der Waals surface area contributed by atoms with E-state index in [2.05, 4.69) is 10.3 Å². The summed E-state index contributed by atoms with van der Waals surface area (Å²) in [5, 5.41) is 2.94. The Morgan fingerprint density at radius 3 is 2.78 bits per heavy atom. The van der Waals surface area contributed by atoms with Crippen LogP contribution in [-0.4, -0.2) is 10.9 Å². The first-order valence-corrected chi connectivity index (χ1v) is 5.64. The largest absolute Gasteiger partial charge is 0.320 e. The van der Waals surface area contributed by atoms with Gasteiger partial charge in [-0.3, -0.25) is 4.79 Å². The van der Waals surface area contributed by atoms with Crippen molar-refractivity contribution < 1.29 is 9.18 Å². The zero-order valence-electron chi connectivity index (χ0n) is 9.58. The number of pyridine rings is 1. The van der Waals surface area contributed by atoms with Gasteiger partial charge in [-0.2, -0.15) is 0 Å². The Kier molecular flexibility index (Phi) is 3.58. The van der Waals surface area contributed by atoms with Crippen molar-refractivity contribution >= 4 is 23.2 Å². The highest BCUT2D eigenvalue weighted by atomic mass is 35.5. The van der Waals surface area contributed by atoms with Gasteiger partial charge in [0.1, 0.15) is 11.0 Å². The van der Waals surface area contributed by atoms with E-state index in [1.807, 2.05) is 0 Å². The molecule has 0 saturated heterocycles. The molecule has 0 saturated carbocycles. The first-order valence-electron chi connectivity index (χ1n) is 5.26. The molecule has 0 fully saturated rings. The molecule has 5 heteroatoms. The van der Waals surface area contributed by atoms with E-state index in [1.54, 1.807) is 19.1 Å². The third kappa shape index (κ3) is 2.65. The minimum absolute atomic E-state index is 0.00755. The van der Waals surface area contributed by atoms with E-state index in [0.717, 1.165) is 5.56 Å². The van der Waals surface area contributed by atoms with E-state index in [9.17, 15) is 9.18 Å². The Balaban J connectivity index is 2.24. The zero-order chi connectivity index (χ0) is 13.1. The monoisotopic (exact) mass is 264 g/mol. The number of hydrogen-bond donors (Lipinski definition) is 1. The van der Waals surface area contributed by atoms with Crippen LogP contribution in [0.1, 0.15) is 15.9 Å². The molecule has 1 N–H and O–H groups in total. The summed E-state index contributed by atoms with van der Waals surface area (Å²) in [6.07, 6.45) is 1.44. The van der Waals surface area contributed by atoms with E-state index in [0.29, 0.717) is 10.8 Å². The number of aromatic nitrogens is 1. The molecule has 92 valence electrons. The fourth-order valence-electron chi connectivity index (χ4n) is 1.49. The van der Waals surface area contributed by atoms with E-state index >= 15 is 0 Å². The van der Waals surface area contributed by atoms with E-state index in [-0.39, 0.29) is 5.56 Å². The normalized spacial score (nSPS) is 10.2. The number of hydrogen-bond acceptors (Lipinski definition) is 2. The maximum atomic E-state index is 13.4. The molecule has 1 aromatic heterocycles. The van der Waals surface area contributed by atoms with Gasteiger partial charge < -0.3 is 5.32 Å². The summed E-state index contributed by atoms with van der Waals surface area (Å²) < 4.78 is 13.4. The maximum absolute atomic E-state index is 13.4. The molecule has 0 aliphatic carbocycles. The Labute approximate surface area is 109 Å². The topological polar surface area (TPSA) is 42.0 Å². The van der Waals surface area contributed by atoms with Crippen LogP contribution in [0.15, 0.2) is 36.5 Å². The molecule has 1 amide bonds. The smallest absolute Gasteiger partial charge is 0.258 e. The lowest BCUT2D eigenvalue weighted by atomic mass is 10.2. The van der Waals surface area contributed by atoms with Crippen molar-refractivity contribution in [3.05, 3.63) is 58.6 Å². The number of anilines is 1. The SMILES string of the molecule is Cc1cc(Cl)ncc1NC(=O)c1ccccc1F. The van der Waals surface area contributed by atoms with Crippen molar-refractivity contribution in [2.75, 3.05) is 5.32 Å². The van der Waals surface area contributed by atoms with E-state index < -0.39 is 11.7 Å².